The molecule has 3 heterocycles. The van der Waals surface area contributed by atoms with Gasteiger partial charge >= 0.3 is 5.97 Å². The van der Waals surface area contributed by atoms with Crippen LogP contribution >= 0.6 is 11.6 Å². The average Bonchev–Trinajstić information content (AvgIpc) is 3.52. The molecular formula is C25H25ClN4O5. The van der Waals surface area contributed by atoms with Gasteiger partial charge in [0.15, 0.2) is 0 Å². The molecule has 182 valence electrons. The fourth-order valence-corrected chi connectivity index (χ4v) is 4.72. The van der Waals surface area contributed by atoms with Gasteiger partial charge in [-0.15, -0.1) is 0 Å². The molecule has 0 spiro atoms. The van der Waals surface area contributed by atoms with E-state index in [9.17, 15) is 19.5 Å². The van der Waals surface area contributed by atoms with E-state index in [0.717, 1.165) is 0 Å². The molecule has 1 aromatic carbocycles. The van der Waals surface area contributed by atoms with E-state index in [1.807, 2.05) is 10.8 Å². The van der Waals surface area contributed by atoms with Crippen LogP contribution < -0.4 is 0 Å². The lowest BCUT2D eigenvalue weighted by molar-refractivity contribution is -0.139. The number of aromatic amines is 1. The highest BCUT2D eigenvalue weighted by Crippen LogP contribution is 2.41. The number of rotatable bonds is 7. The van der Waals surface area contributed by atoms with Gasteiger partial charge in [0, 0.05) is 41.8 Å². The molecule has 4 rings (SSSR count). The highest BCUT2D eigenvalue weighted by molar-refractivity contribution is 6.46. The zero-order chi connectivity index (χ0) is 25.3. The Labute approximate surface area is 207 Å². The van der Waals surface area contributed by atoms with E-state index in [-0.39, 0.29) is 29.1 Å². The molecule has 0 bridgehead atoms. The van der Waals surface area contributed by atoms with Crippen LogP contribution in [0.3, 0.4) is 0 Å². The average molecular weight is 497 g/mol. The van der Waals surface area contributed by atoms with Crippen LogP contribution in [0.25, 0.3) is 5.76 Å². The number of aryl methyl sites for hydroxylation is 2. The number of Topliss-reactive ketones (excluding diaryl/α,β-unsaturated/α-hetero) is 1. The number of carbonyl (C=O) groups excluding carboxylic acids is 3. The van der Waals surface area contributed by atoms with E-state index in [2.05, 4.69) is 9.97 Å². The van der Waals surface area contributed by atoms with Gasteiger partial charge in [0.1, 0.15) is 11.5 Å². The van der Waals surface area contributed by atoms with Crippen molar-refractivity contribution in [3.63, 3.8) is 0 Å². The molecule has 0 radical (unpaired) electrons. The lowest BCUT2D eigenvalue weighted by atomic mass is 9.94. The number of amides is 1. The lowest BCUT2D eigenvalue weighted by Gasteiger charge is -2.25. The van der Waals surface area contributed by atoms with Crippen LogP contribution in [0.1, 0.15) is 45.3 Å². The predicted octanol–water partition coefficient (Wildman–Crippen LogP) is 3.78. The summed E-state index contributed by atoms with van der Waals surface area (Å²) < 4.78 is 6.69. The Balaban J connectivity index is 1.80. The second-order valence-corrected chi connectivity index (χ2v) is 8.75. The highest BCUT2D eigenvalue weighted by Gasteiger charge is 2.46. The topological polar surface area (TPSA) is 118 Å². The third kappa shape index (κ3) is 4.46. The lowest BCUT2D eigenvalue weighted by Crippen LogP contribution is -2.31. The highest BCUT2D eigenvalue weighted by atomic mass is 35.5. The second-order valence-electron chi connectivity index (χ2n) is 8.32. The molecule has 9 nitrogen and oxygen atoms in total. The molecule has 2 aromatic heterocycles. The minimum Gasteiger partial charge on any atom is -0.507 e. The summed E-state index contributed by atoms with van der Waals surface area (Å²) in [6, 6.07) is 6.01. The van der Waals surface area contributed by atoms with Crippen molar-refractivity contribution in [3.05, 3.63) is 81.7 Å². The molecule has 3 aromatic rings. The van der Waals surface area contributed by atoms with Gasteiger partial charge in [-0.05, 0) is 43.5 Å². The van der Waals surface area contributed by atoms with E-state index in [1.165, 1.54) is 12.0 Å². The third-order valence-electron chi connectivity index (χ3n) is 6.14. The Morgan fingerprint density at radius 2 is 2.03 bits per heavy atom. The number of aliphatic hydroxyl groups excluding tert-OH is 1. The van der Waals surface area contributed by atoms with Crippen molar-refractivity contribution in [3.8, 4) is 0 Å². The number of methoxy groups -OCH3 is 1. The molecule has 1 atom stereocenters. The summed E-state index contributed by atoms with van der Waals surface area (Å²) in [6.07, 6.45) is 5.73. The summed E-state index contributed by atoms with van der Waals surface area (Å²) in [6.45, 7) is 4.18. The molecule has 35 heavy (non-hydrogen) atoms. The summed E-state index contributed by atoms with van der Waals surface area (Å²) in [4.78, 5) is 46.9. The number of aliphatic hydroxyl groups is 1. The number of benzene rings is 1. The van der Waals surface area contributed by atoms with E-state index >= 15 is 0 Å². The van der Waals surface area contributed by atoms with Gasteiger partial charge in [-0.25, -0.2) is 9.78 Å². The van der Waals surface area contributed by atoms with E-state index in [4.69, 9.17) is 16.3 Å². The van der Waals surface area contributed by atoms with Crippen molar-refractivity contribution < 1.29 is 24.2 Å². The predicted molar refractivity (Wildman–Crippen MR) is 129 cm³/mol. The number of hydrogen-bond donors (Lipinski definition) is 2. The van der Waals surface area contributed by atoms with Crippen molar-refractivity contribution in [1.29, 1.82) is 0 Å². The number of aromatic nitrogens is 3. The number of imidazole rings is 1. The number of hydrogen-bond acceptors (Lipinski definition) is 6. The number of ether oxygens (including phenoxy) is 1. The molecule has 0 unspecified atom stereocenters. The zero-order valence-corrected chi connectivity index (χ0v) is 20.3. The number of nitrogens with zero attached hydrogens (tertiary/aromatic N) is 3. The van der Waals surface area contributed by atoms with Crippen molar-refractivity contribution in [2.45, 2.75) is 32.9 Å². The molecule has 2 N–H and O–H groups in total. The minimum atomic E-state index is -0.841. The third-order valence-corrected chi connectivity index (χ3v) is 6.38. The van der Waals surface area contributed by atoms with Crippen molar-refractivity contribution >= 4 is 35.0 Å². The number of carbonyl (C=O) groups is 3. The Morgan fingerprint density at radius 3 is 2.69 bits per heavy atom. The molecule has 0 saturated carbocycles. The molecule has 1 aliphatic rings. The first-order chi connectivity index (χ1) is 16.7. The summed E-state index contributed by atoms with van der Waals surface area (Å²) >= 11 is 6.23. The summed E-state index contributed by atoms with van der Waals surface area (Å²) in [5.74, 6) is -2.46. The Morgan fingerprint density at radius 1 is 1.26 bits per heavy atom. The molecule has 1 aliphatic heterocycles. The van der Waals surface area contributed by atoms with E-state index < -0.39 is 23.7 Å². The SMILES string of the molecule is COC(=O)c1[nH]c(C)c(C(O)=C2C(=O)C(=O)N(CCCn3ccnc3)[C@H]2c2cccc(Cl)c2)c1C. The first-order valence-corrected chi connectivity index (χ1v) is 11.4. The van der Waals surface area contributed by atoms with Crippen LogP contribution in [-0.4, -0.2) is 55.9 Å². The minimum absolute atomic E-state index is 0.0542. The van der Waals surface area contributed by atoms with Crippen LogP contribution in [0.5, 0.6) is 0 Å². The first kappa shape index (κ1) is 24.3. The number of esters is 1. The fraction of sp³-hybridized carbons (Fsp3) is 0.280. The number of H-pyrrole nitrogens is 1. The van der Waals surface area contributed by atoms with Gasteiger partial charge in [-0.3, -0.25) is 9.59 Å². The summed E-state index contributed by atoms with van der Waals surface area (Å²) in [7, 11) is 1.26. The normalized spacial score (nSPS) is 17.3. The maximum atomic E-state index is 13.3. The summed E-state index contributed by atoms with van der Waals surface area (Å²) in [5, 5.41) is 11.8. The van der Waals surface area contributed by atoms with Crippen LogP contribution in [0.4, 0.5) is 0 Å². The van der Waals surface area contributed by atoms with Crippen LogP contribution in [0.2, 0.25) is 5.02 Å². The van der Waals surface area contributed by atoms with E-state index in [0.29, 0.717) is 34.8 Å². The first-order valence-electron chi connectivity index (χ1n) is 11.0. The van der Waals surface area contributed by atoms with Crippen LogP contribution in [-0.2, 0) is 20.9 Å². The van der Waals surface area contributed by atoms with Gasteiger partial charge in [0.2, 0.25) is 0 Å². The van der Waals surface area contributed by atoms with Gasteiger partial charge in [0.25, 0.3) is 11.7 Å². The van der Waals surface area contributed by atoms with Gasteiger partial charge in [0.05, 0.1) is 25.1 Å². The Kier molecular flexibility index (Phi) is 6.79. The Hall–Kier alpha value is -3.85. The van der Waals surface area contributed by atoms with Crippen LogP contribution in [0, 0.1) is 13.8 Å². The number of ketones is 1. The molecule has 10 heteroatoms. The summed E-state index contributed by atoms with van der Waals surface area (Å²) in [5.41, 5.74) is 1.88. The quantitative estimate of drug-likeness (QED) is 0.222. The fourth-order valence-electron chi connectivity index (χ4n) is 4.52. The standard InChI is InChI=1S/C25H25ClN4O5/c1-14-18(15(2)28-20(14)25(34)35-3)22(31)19-21(16-6-4-7-17(26)12-16)30(24(33)23(19)32)10-5-9-29-11-8-27-13-29/h4,6-8,11-13,21,28,31H,5,9-10H2,1-3H3/t21-/m0/s1. The Bertz CT molecular complexity index is 1330. The number of nitrogens with one attached hydrogen (secondary N) is 1. The molecular weight excluding hydrogens is 472 g/mol. The van der Waals surface area contributed by atoms with Gasteiger partial charge < -0.3 is 24.3 Å². The molecule has 0 aliphatic carbocycles. The maximum absolute atomic E-state index is 13.3. The zero-order valence-electron chi connectivity index (χ0n) is 19.5. The van der Waals surface area contributed by atoms with Crippen LogP contribution in [0.15, 0.2) is 48.6 Å². The maximum Gasteiger partial charge on any atom is 0.354 e. The molecule has 1 saturated heterocycles. The van der Waals surface area contributed by atoms with Crippen molar-refractivity contribution in [2.75, 3.05) is 13.7 Å². The van der Waals surface area contributed by atoms with Gasteiger partial charge in [-0.1, -0.05) is 23.7 Å². The van der Waals surface area contributed by atoms with E-state index in [1.54, 1.807) is 50.6 Å². The monoisotopic (exact) mass is 496 g/mol. The molecule has 1 fully saturated rings. The van der Waals surface area contributed by atoms with Crippen molar-refractivity contribution in [1.82, 2.24) is 19.4 Å². The second kappa shape index (κ2) is 9.79. The van der Waals surface area contributed by atoms with Crippen molar-refractivity contribution in [2.24, 2.45) is 0 Å². The largest absolute Gasteiger partial charge is 0.507 e. The molecule has 1 amide bonds. The van der Waals surface area contributed by atoms with Gasteiger partial charge in [-0.2, -0.15) is 0 Å². The number of halogens is 1. The number of likely N-dealkylation sites (tertiary alicyclic amines) is 1. The smallest absolute Gasteiger partial charge is 0.354 e.